The Balaban J connectivity index is 1.73. The summed E-state index contributed by atoms with van der Waals surface area (Å²) in [6.07, 6.45) is 6.90. The molecule has 3 heteroatoms. The highest BCUT2D eigenvalue weighted by Crippen LogP contribution is 2.30. The molecule has 1 saturated heterocycles. The van der Waals surface area contributed by atoms with Crippen molar-refractivity contribution in [3.8, 4) is 0 Å². The zero-order valence-corrected chi connectivity index (χ0v) is 13.1. The van der Waals surface area contributed by atoms with E-state index in [1.165, 1.54) is 37.7 Å². The van der Waals surface area contributed by atoms with Crippen LogP contribution in [0.4, 0.5) is 4.39 Å². The molecule has 2 nitrogen and oxygen atoms in total. The quantitative estimate of drug-likeness (QED) is 0.917. The molecule has 0 aromatic heterocycles. The van der Waals surface area contributed by atoms with E-state index in [0.717, 1.165) is 37.7 Å². The zero-order chi connectivity index (χ0) is 14.7. The molecule has 0 spiro atoms. The van der Waals surface area contributed by atoms with Gasteiger partial charge in [-0.05, 0) is 48.9 Å². The van der Waals surface area contributed by atoms with E-state index in [2.05, 4.69) is 17.1 Å². The first-order valence-corrected chi connectivity index (χ1v) is 8.44. The van der Waals surface area contributed by atoms with Crippen molar-refractivity contribution in [3.05, 3.63) is 35.1 Å². The van der Waals surface area contributed by atoms with Crippen LogP contribution in [0.2, 0.25) is 0 Å². The molecule has 1 unspecified atom stereocenters. The molecule has 1 aliphatic carbocycles. The van der Waals surface area contributed by atoms with E-state index in [-0.39, 0.29) is 5.82 Å². The molecule has 1 N–H and O–H groups in total. The fraction of sp³-hybridized carbons (Fsp3) is 0.667. The number of benzene rings is 1. The van der Waals surface area contributed by atoms with Gasteiger partial charge < -0.3 is 5.32 Å². The molecule has 0 bridgehead atoms. The van der Waals surface area contributed by atoms with Crippen molar-refractivity contribution in [1.82, 2.24) is 10.2 Å². The lowest BCUT2D eigenvalue weighted by Gasteiger charge is -2.42. The topological polar surface area (TPSA) is 15.3 Å². The molecule has 2 fully saturated rings. The van der Waals surface area contributed by atoms with E-state index < -0.39 is 0 Å². The summed E-state index contributed by atoms with van der Waals surface area (Å²) in [5.41, 5.74) is 2.36. The maximum absolute atomic E-state index is 13.5. The molecule has 3 rings (SSSR count). The molecule has 21 heavy (non-hydrogen) atoms. The van der Waals surface area contributed by atoms with Crippen LogP contribution in [0.15, 0.2) is 18.2 Å². The third-order valence-corrected chi connectivity index (χ3v) is 5.28. The Morgan fingerprint density at radius 1 is 1.24 bits per heavy atom. The molecular weight excluding hydrogens is 263 g/mol. The Morgan fingerprint density at radius 2 is 2.05 bits per heavy atom. The Kier molecular flexibility index (Phi) is 4.91. The van der Waals surface area contributed by atoms with Gasteiger partial charge in [0.25, 0.3) is 0 Å². The lowest BCUT2D eigenvalue weighted by atomic mass is 9.82. The van der Waals surface area contributed by atoms with Gasteiger partial charge in [-0.3, -0.25) is 4.90 Å². The number of rotatable bonds is 3. The van der Waals surface area contributed by atoms with Gasteiger partial charge in [0.05, 0.1) is 0 Å². The third-order valence-electron chi connectivity index (χ3n) is 5.28. The zero-order valence-electron chi connectivity index (χ0n) is 13.1. The summed E-state index contributed by atoms with van der Waals surface area (Å²) in [6.45, 7) is 6.22. The highest BCUT2D eigenvalue weighted by molar-refractivity contribution is 5.26. The van der Waals surface area contributed by atoms with Crippen LogP contribution in [0, 0.1) is 18.7 Å². The van der Waals surface area contributed by atoms with Gasteiger partial charge in [0.1, 0.15) is 5.82 Å². The molecule has 1 atom stereocenters. The Morgan fingerprint density at radius 3 is 2.86 bits per heavy atom. The van der Waals surface area contributed by atoms with Gasteiger partial charge in [-0.15, -0.1) is 0 Å². The van der Waals surface area contributed by atoms with Gasteiger partial charge in [0.15, 0.2) is 0 Å². The molecule has 1 heterocycles. The van der Waals surface area contributed by atoms with Gasteiger partial charge >= 0.3 is 0 Å². The normalized spacial score (nSPS) is 25.1. The van der Waals surface area contributed by atoms with Crippen molar-refractivity contribution in [2.45, 2.75) is 51.6 Å². The summed E-state index contributed by atoms with van der Waals surface area (Å²) in [5, 5.41) is 3.56. The highest BCUT2D eigenvalue weighted by Gasteiger charge is 2.30. The molecule has 1 aromatic carbocycles. The molecule has 2 aliphatic rings. The summed E-state index contributed by atoms with van der Waals surface area (Å²) < 4.78 is 13.5. The van der Waals surface area contributed by atoms with Crippen molar-refractivity contribution in [2.75, 3.05) is 19.6 Å². The fourth-order valence-electron chi connectivity index (χ4n) is 3.98. The summed E-state index contributed by atoms with van der Waals surface area (Å²) in [5.74, 6) is 0.709. The van der Waals surface area contributed by atoms with Crippen molar-refractivity contribution in [3.63, 3.8) is 0 Å². The van der Waals surface area contributed by atoms with E-state index in [1.807, 2.05) is 6.07 Å². The second kappa shape index (κ2) is 6.89. The van der Waals surface area contributed by atoms with Crippen LogP contribution in [0.25, 0.3) is 0 Å². The van der Waals surface area contributed by atoms with Gasteiger partial charge in [-0.1, -0.05) is 25.3 Å². The summed E-state index contributed by atoms with van der Waals surface area (Å²) >= 11 is 0. The second-order valence-electron chi connectivity index (χ2n) is 6.71. The van der Waals surface area contributed by atoms with Crippen LogP contribution in [0.5, 0.6) is 0 Å². The van der Waals surface area contributed by atoms with Gasteiger partial charge in [-0.25, -0.2) is 4.39 Å². The predicted molar refractivity (Wildman–Crippen MR) is 84.8 cm³/mol. The molecule has 116 valence electrons. The lowest BCUT2D eigenvalue weighted by Crippen LogP contribution is -2.54. The summed E-state index contributed by atoms with van der Waals surface area (Å²) in [4.78, 5) is 2.59. The minimum Gasteiger partial charge on any atom is -0.314 e. The van der Waals surface area contributed by atoms with E-state index in [4.69, 9.17) is 0 Å². The number of nitrogens with zero attached hydrogens (tertiary/aromatic N) is 1. The van der Waals surface area contributed by atoms with Crippen molar-refractivity contribution in [2.24, 2.45) is 5.92 Å². The van der Waals surface area contributed by atoms with Crippen LogP contribution in [0.3, 0.4) is 0 Å². The standard InChI is InChI=1S/C18H27FN2/c1-14-7-8-17(19)11-16(14)13-21-10-9-20-12-18(21)15-5-3-2-4-6-15/h7-8,11,15,18,20H,2-6,9-10,12-13H2,1H3. The van der Waals surface area contributed by atoms with Gasteiger partial charge in [0.2, 0.25) is 0 Å². The smallest absolute Gasteiger partial charge is 0.123 e. The number of hydrogen-bond acceptors (Lipinski definition) is 2. The number of hydrogen-bond donors (Lipinski definition) is 1. The average Bonchev–Trinajstić information content (AvgIpc) is 2.52. The Bertz CT molecular complexity index is 468. The Labute approximate surface area is 127 Å². The van der Waals surface area contributed by atoms with E-state index in [1.54, 1.807) is 12.1 Å². The Hall–Kier alpha value is -0.930. The maximum Gasteiger partial charge on any atom is 0.123 e. The molecule has 0 amide bonds. The molecular formula is C18H27FN2. The van der Waals surface area contributed by atoms with Crippen molar-refractivity contribution < 1.29 is 4.39 Å². The minimum absolute atomic E-state index is 0.111. The number of halogens is 1. The van der Waals surface area contributed by atoms with Crippen molar-refractivity contribution in [1.29, 1.82) is 0 Å². The molecule has 0 radical (unpaired) electrons. The van der Waals surface area contributed by atoms with Crippen LogP contribution in [-0.2, 0) is 6.54 Å². The van der Waals surface area contributed by atoms with Crippen LogP contribution in [0.1, 0.15) is 43.2 Å². The number of nitrogens with one attached hydrogen (secondary N) is 1. The second-order valence-corrected chi connectivity index (χ2v) is 6.71. The predicted octanol–water partition coefficient (Wildman–Crippen LogP) is 3.49. The minimum atomic E-state index is -0.111. The van der Waals surface area contributed by atoms with E-state index in [9.17, 15) is 4.39 Å². The highest BCUT2D eigenvalue weighted by atomic mass is 19.1. The van der Waals surface area contributed by atoms with Gasteiger partial charge in [-0.2, -0.15) is 0 Å². The van der Waals surface area contributed by atoms with Crippen LogP contribution in [-0.4, -0.2) is 30.6 Å². The number of piperazine rings is 1. The first kappa shape index (κ1) is 15.0. The van der Waals surface area contributed by atoms with E-state index in [0.29, 0.717) is 6.04 Å². The van der Waals surface area contributed by atoms with E-state index >= 15 is 0 Å². The van der Waals surface area contributed by atoms with Crippen LogP contribution < -0.4 is 5.32 Å². The molecule has 1 aliphatic heterocycles. The first-order valence-electron chi connectivity index (χ1n) is 8.44. The maximum atomic E-state index is 13.5. The van der Waals surface area contributed by atoms with Crippen LogP contribution >= 0.6 is 0 Å². The fourth-order valence-corrected chi connectivity index (χ4v) is 3.98. The average molecular weight is 290 g/mol. The largest absolute Gasteiger partial charge is 0.314 e. The SMILES string of the molecule is Cc1ccc(F)cc1CN1CCNCC1C1CCCCC1. The first-order chi connectivity index (χ1) is 10.2. The van der Waals surface area contributed by atoms with Gasteiger partial charge in [0, 0.05) is 32.2 Å². The summed E-state index contributed by atoms with van der Waals surface area (Å²) in [6, 6.07) is 5.81. The van der Waals surface area contributed by atoms with Crippen molar-refractivity contribution >= 4 is 0 Å². The lowest BCUT2D eigenvalue weighted by molar-refractivity contribution is 0.0857. The monoisotopic (exact) mass is 290 g/mol. The molecule has 1 saturated carbocycles. The summed E-state index contributed by atoms with van der Waals surface area (Å²) in [7, 11) is 0. The third kappa shape index (κ3) is 3.64. The molecule has 1 aromatic rings. The number of aryl methyl sites for hydroxylation is 1.